The lowest BCUT2D eigenvalue weighted by Gasteiger charge is -2.05. The molecule has 90 valence electrons. The zero-order valence-electron chi connectivity index (χ0n) is 9.04. The number of rotatable bonds is 5. The van der Waals surface area contributed by atoms with Crippen LogP contribution in [0.3, 0.4) is 0 Å². The van der Waals surface area contributed by atoms with Crippen LogP contribution in [0.25, 0.3) is 5.95 Å². The van der Waals surface area contributed by atoms with Crippen molar-refractivity contribution in [2.45, 2.75) is 0 Å². The summed E-state index contributed by atoms with van der Waals surface area (Å²) >= 11 is 5.78. The van der Waals surface area contributed by atoms with Crippen LogP contribution in [0.1, 0.15) is 0 Å². The Balaban J connectivity index is 2.18. The molecule has 0 radical (unpaired) electrons. The molecule has 0 atom stereocenters. The van der Waals surface area contributed by atoms with E-state index in [1.807, 2.05) is 0 Å². The van der Waals surface area contributed by atoms with Gasteiger partial charge < -0.3 is 10.1 Å². The van der Waals surface area contributed by atoms with Crippen LogP contribution >= 0.6 is 11.6 Å². The quantitative estimate of drug-likeness (QED) is 0.761. The van der Waals surface area contributed by atoms with E-state index in [9.17, 15) is 0 Å². The van der Waals surface area contributed by atoms with E-state index in [0.29, 0.717) is 25.0 Å². The second kappa shape index (κ2) is 5.51. The van der Waals surface area contributed by atoms with E-state index in [-0.39, 0.29) is 5.28 Å². The molecule has 0 aliphatic heterocycles. The molecule has 0 spiro atoms. The summed E-state index contributed by atoms with van der Waals surface area (Å²) in [4.78, 5) is 15.8. The fourth-order valence-corrected chi connectivity index (χ4v) is 1.25. The second-order valence-electron chi connectivity index (χ2n) is 2.99. The van der Waals surface area contributed by atoms with Gasteiger partial charge in [-0.1, -0.05) is 0 Å². The highest BCUT2D eigenvalue weighted by Crippen LogP contribution is 2.07. The van der Waals surface area contributed by atoms with Crippen LogP contribution in [0.2, 0.25) is 5.28 Å². The number of aromatic nitrogens is 6. The van der Waals surface area contributed by atoms with E-state index < -0.39 is 0 Å². The molecule has 0 saturated heterocycles. The standard InChI is InChI=1S/C8H10ClN7O/c1-17-3-2-11-7-13-6(9)14-8(15-7)16-5-10-4-12-16/h4-5H,2-3H2,1H3,(H,11,13,14,15). The van der Waals surface area contributed by atoms with Crippen molar-refractivity contribution in [3.05, 3.63) is 17.9 Å². The zero-order valence-corrected chi connectivity index (χ0v) is 9.79. The van der Waals surface area contributed by atoms with Crippen molar-refractivity contribution in [1.29, 1.82) is 0 Å². The van der Waals surface area contributed by atoms with Crippen molar-refractivity contribution < 1.29 is 4.74 Å². The number of anilines is 1. The molecule has 2 rings (SSSR count). The highest BCUT2D eigenvalue weighted by Gasteiger charge is 2.06. The minimum absolute atomic E-state index is 0.0883. The van der Waals surface area contributed by atoms with E-state index in [1.54, 1.807) is 7.11 Å². The maximum atomic E-state index is 5.78. The fourth-order valence-electron chi connectivity index (χ4n) is 1.10. The molecule has 0 aromatic carbocycles. The molecule has 0 aliphatic carbocycles. The van der Waals surface area contributed by atoms with E-state index in [2.05, 4.69) is 30.4 Å². The molecule has 2 aromatic rings. The third-order valence-electron chi connectivity index (χ3n) is 1.81. The Morgan fingerprint density at radius 3 is 3.00 bits per heavy atom. The van der Waals surface area contributed by atoms with Gasteiger partial charge in [-0.3, -0.25) is 0 Å². The number of nitrogens with one attached hydrogen (secondary N) is 1. The third kappa shape index (κ3) is 3.08. The fraction of sp³-hybridized carbons (Fsp3) is 0.375. The first-order valence-corrected chi connectivity index (χ1v) is 5.17. The molecule has 8 nitrogen and oxygen atoms in total. The summed E-state index contributed by atoms with van der Waals surface area (Å²) in [5, 5.41) is 6.95. The summed E-state index contributed by atoms with van der Waals surface area (Å²) in [5.74, 6) is 0.676. The zero-order chi connectivity index (χ0) is 12.1. The van der Waals surface area contributed by atoms with Crippen molar-refractivity contribution in [1.82, 2.24) is 29.7 Å². The molecular formula is C8H10ClN7O. The van der Waals surface area contributed by atoms with Gasteiger partial charge in [-0.05, 0) is 11.6 Å². The molecule has 0 bridgehead atoms. The van der Waals surface area contributed by atoms with Crippen LogP contribution in [0.15, 0.2) is 12.7 Å². The van der Waals surface area contributed by atoms with Gasteiger partial charge in [-0.2, -0.15) is 24.7 Å². The Morgan fingerprint density at radius 1 is 1.41 bits per heavy atom. The van der Waals surface area contributed by atoms with Crippen LogP contribution in [-0.4, -0.2) is 50.0 Å². The Kier molecular flexibility index (Phi) is 3.78. The number of ether oxygens (including phenoxy) is 1. The molecule has 0 unspecified atom stereocenters. The van der Waals surface area contributed by atoms with Crippen molar-refractivity contribution >= 4 is 17.5 Å². The highest BCUT2D eigenvalue weighted by molar-refractivity contribution is 6.28. The summed E-state index contributed by atoms with van der Waals surface area (Å²) < 4.78 is 6.30. The Hall–Kier alpha value is -1.80. The van der Waals surface area contributed by atoms with Gasteiger partial charge in [0.05, 0.1) is 6.61 Å². The SMILES string of the molecule is COCCNc1nc(Cl)nc(-n2cncn2)n1. The number of halogens is 1. The van der Waals surface area contributed by atoms with Gasteiger partial charge in [0.25, 0.3) is 5.95 Å². The highest BCUT2D eigenvalue weighted by atomic mass is 35.5. The van der Waals surface area contributed by atoms with Crippen molar-refractivity contribution in [3.8, 4) is 5.95 Å². The van der Waals surface area contributed by atoms with Crippen LogP contribution in [0, 0.1) is 0 Å². The van der Waals surface area contributed by atoms with Gasteiger partial charge in [-0.25, -0.2) is 4.98 Å². The Bertz CT molecular complexity index is 475. The van der Waals surface area contributed by atoms with E-state index in [4.69, 9.17) is 16.3 Å². The topological polar surface area (TPSA) is 90.6 Å². The van der Waals surface area contributed by atoms with Crippen LogP contribution in [-0.2, 0) is 4.74 Å². The molecule has 17 heavy (non-hydrogen) atoms. The number of methoxy groups -OCH3 is 1. The van der Waals surface area contributed by atoms with E-state index in [1.165, 1.54) is 17.3 Å². The molecule has 0 amide bonds. The smallest absolute Gasteiger partial charge is 0.258 e. The average molecular weight is 256 g/mol. The van der Waals surface area contributed by atoms with Gasteiger partial charge in [0.1, 0.15) is 12.7 Å². The first kappa shape index (κ1) is 11.7. The summed E-state index contributed by atoms with van der Waals surface area (Å²) in [5.41, 5.74) is 0. The molecule has 0 saturated carbocycles. The number of nitrogens with zero attached hydrogens (tertiary/aromatic N) is 6. The first-order chi connectivity index (χ1) is 8.29. The first-order valence-electron chi connectivity index (χ1n) is 4.79. The van der Waals surface area contributed by atoms with E-state index in [0.717, 1.165) is 0 Å². The third-order valence-corrected chi connectivity index (χ3v) is 1.98. The monoisotopic (exact) mass is 255 g/mol. The summed E-state index contributed by atoms with van der Waals surface area (Å²) in [6.45, 7) is 1.12. The summed E-state index contributed by atoms with van der Waals surface area (Å²) in [6.07, 6.45) is 2.86. The predicted molar refractivity (Wildman–Crippen MR) is 60.1 cm³/mol. The molecule has 2 aromatic heterocycles. The molecule has 2 heterocycles. The van der Waals surface area contributed by atoms with Crippen LogP contribution in [0.4, 0.5) is 5.95 Å². The van der Waals surface area contributed by atoms with E-state index >= 15 is 0 Å². The largest absolute Gasteiger partial charge is 0.383 e. The minimum atomic E-state index is 0.0883. The molecular weight excluding hydrogens is 246 g/mol. The predicted octanol–water partition coefficient (Wildman–Crippen LogP) is 0.164. The number of hydrogen-bond donors (Lipinski definition) is 1. The Morgan fingerprint density at radius 2 is 2.29 bits per heavy atom. The molecule has 9 heteroatoms. The molecule has 1 N–H and O–H groups in total. The lowest BCUT2D eigenvalue weighted by Crippen LogP contribution is -2.13. The normalized spacial score (nSPS) is 10.5. The summed E-state index contributed by atoms with van der Waals surface area (Å²) in [6, 6.07) is 0. The lowest BCUT2D eigenvalue weighted by molar-refractivity contribution is 0.210. The van der Waals surface area contributed by atoms with Crippen molar-refractivity contribution in [2.75, 3.05) is 25.6 Å². The second-order valence-corrected chi connectivity index (χ2v) is 3.33. The Labute approximate surface area is 102 Å². The molecule has 0 aliphatic rings. The number of hydrogen-bond acceptors (Lipinski definition) is 7. The maximum Gasteiger partial charge on any atom is 0.258 e. The summed E-state index contributed by atoms with van der Waals surface area (Å²) in [7, 11) is 1.61. The van der Waals surface area contributed by atoms with Crippen LogP contribution in [0.5, 0.6) is 0 Å². The van der Waals surface area contributed by atoms with Crippen molar-refractivity contribution in [3.63, 3.8) is 0 Å². The minimum Gasteiger partial charge on any atom is -0.383 e. The van der Waals surface area contributed by atoms with Crippen LogP contribution < -0.4 is 5.32 Å². The van der Waals surface area contributed by atoms with Gasteiger partial charge in [-0.15, -0.1) is 0 Å². The van der Waals surface area contributed by atoms with Crippen molar-refractivity contribution in [2.24, 2.45) is 0 Å². The molecule has 0 fully saturated rings. The van der Waals surface area contributed by atoms with Gasteiger partial charge in [0.2, 0.25) is 11.2 Å². The average Bonchev–Trinajstić information content (AvgIpc) is 2.82. The van der Waals surface area contributed by atoms with Gasteiger partial charge in [0, 0.05) is 13.7 Å². The van der Waals surface area contributed by atoms with Gasteiger partial charge >= 0.3 is 0 Å². The van der Waals surface area contributed by atoms with Gasteiger partial charge in [0.15, 0.2) is 0 Å². The lowest BCUT2D eigenvalue weighted by atomic mass is 10.7. The maximum absolute atomic E-state index is 5.78.